The van der Waals surface area contributed by atoms with E-state index in [1.807, 2.05) is 4.72 Å². The summed E-state index contributed by atoms with van der Waals surface area (Å²) in [6.45, 7) is 1.50. The lowest BCUT2D eigenvalue weighted by Gasteiger charge is -2.14. The first-order valence-corrected chi connectivity index (χ1v) is 11.8. The molecule has 0 saturated carbocycles. The van der Waals surface area contributed by atoms with E-state index in [1.54, 1.807) is 0 Å². The van der Waals surface area contributed by atoms with Crippen LogP contribution in [-0.4, -0.2) is 16.8 Å². The number of sulfonamides is 2. The minimum atomic E-state index is -4.66. The molecule has 0 fully saturated rings. The van der Waals surface area contributed by atoms with Gasteiger partial charge in [-0.3, -0.25) is 9.44 Å². The summed E-state index contributed by atoms with van der Waals surface area (Å²) in [5.74, 6) is -0.993. The summed E-state index contributed by atoms with van der Waals surface area (Å²) in [6.07, 6.45) is -4.66. The van der Waals surface area contributed by atoms with Crippen LogP contribution in [0.1, 0.15) is 11.1 Å². The second kappa shape index (κ2) is 8.43. The van der Waals surface area contributed by atoms with Crippen LogP contribution in [0.2, 0.25) is 0 Å². The van der Waals surface area contributed by atoms with Crippen molar-refractivity contribution >= 4 is 31.4 Å². The molecule has 170 valence electrons. The van der Waals surface area contributed by atoms with Crippen LogP contribution in [0.4, 0.5) is 28.9 Å². The summed E-state index contributed by atoms with van der Waals surface area (Å²) in [5, 5.41) is 0. The molecule has 6 nitrogen and oxygen atoms in total. The van der Waals surface area contributed by atoms with Crippen molar-refractivity contribution in [2.75, 3.05) is 9.44 Å². The van der Waals surface area contributed by atoms with Crippen LogP contribution in [0.5, 0.6) is 0 Å². The maximum atomic E-state index is 13.9. The van der Waals surface area contributed by atoms with Gasteiger partial charge in [-0.1, -0.05) is 24.3 Å². The number of alkyl halides is 3. The molecule has 12 heteroatoms. The summed E-state index contributed by atoms with van der Waals surface area (Å²) in [6, 6.07) is 11.7. The van der Waals surface area contributed by atoms with E-state index < -0.39 is 47.4 Å². The Kier molecular flexibility index (Phi) is 6.20. The highest BCUT2D eigenvalue weighted by Crippen LogP contribution is 2.31. The van der Waals surface area contributed by atoms with Crippen molar-refractivity contribution in [3.8, 4) is 0 Å². The molecule has 3 rings (SSSR count). The molecule has 0 aliphatic carbocycles. The zero-order valence-corrected chi connectivity index (χ0v) is 17.9. The number of halogens is 4. The Bertz CT molecular complexity index is 1370. The van der Waals surface area contributed by atoms with Crippen LogP contribution >= 0.6 is 0 Å². The van der Waals surface area contributed by atoms with Crippen molar-refractivity contribution in [3.05, 3.63) is 83.7 Å². The first-order valence-electron chi connectivity index (χ1n) is 8.88. The largest absolute Gasteiger partial charge is 0.416 e. The lowest BCUT2D eigenvalue weighted by molar-refractivity contribution is -0.137. The molecule has 0 radical (unpaired) electrons. The molecular weight excluding hydrogens is 472 g/mol. The molecule has 0 atom stereocenters. The Morgan fingerprint density at radius 1 is 0.781 bits per heavy atom. The van der Waals surface area contributed by atoms with E-state index in [2.05, 4.69) is 4.72 Å². The van der Waals surface area contributed by atoms with Gasteiger partial charge in [0.05, 0.1) is 16.1 Å². The van der Waals surface area contributed by atoms with Crippen LogP contribution < -0.4 is 9.44 Å². The molecular formula is C20H16F4N2O4S2. The molecule has 3 aromatic carbocycles. The molecule has 0 spiro atoms. The van der Waals surface area contributed by atoms with E-state index in [9.17, 15) is 34.4 Å². The molecule has 0 saturated heterocycles. The fourth-order valence-corrected chi connectivity index (χ4v) is 4.99. The zero-order chi connectivity index (χ0) is 23.7. The summed E-state index contributed by atoms with van der Waals surface area (Å²) in [7, 11) is -8.74. The van der Waals surface area contributed by atoms with Crippen LogP contribution in [0.25, 0.3) is 0 Å². The van der Waals surface area contributed by atoms with Gasteiger partial charge in [-0.2, -0.15) is 13.2 Å². The first-order chi connectivity index (χ1) is 14.8. The van der Waals surface area contributed by atoms with E-state index in [0.29, 0.717) is 11.6 Å². The van der Waals surface area contributed by atoms with E-state index in [4.69, 9.17) is 0 Å². The molecule has 0 aliphatic rings. The third-order valence-corrected chi connectivity index (χ3v) is 7.11. The SMILES string of the molecule is Cc1ccc(S(=O)(=O)Nc2cccc(C(F)(F)F)c2)cc1NS(=O)(=O)c1ccccc1F. The van der Waals surface area contributed by atoms with E-state index >= 15 is 0 Å². The van der Waals surface area contributed by atoms with Gasteiger partial charge in [-0.15, -0.1) is 0 Å². The van der Waals surface area contributed by atoms with Gasteiger partial charge >= 0.3 is 6.18 Å². The Hall–Kier alpha value is -3.12. The second-order valence-electron chi connectivity index (χ2n) is 6.70. The van der Waals surface area contributed by atoms with Crippen molar-refractivity contribution in [1.29, 1.82) is 0 Å². The number of benzene rings is 3. The quantitative estimate of drug-likeness (QED) is 0.490. The average Bonchev–Trinajstić information content (AvgIpc) is 2.69. The standard InChI is InChI=1S/C20H16F4N2O4S2/c1-13-9-10-16(12-18(13)26-32(29,30)19-8-3-2-7-17(19)21)31(27,28)25-15-6-4-5-14(11-15)20(22,23)24/h2-12,25-26H,1H3. The lowest BCUT2D eigenvalue weighted by Crippen LogP contribution is -2.17. The van der Waals surface area contributed by atoms with Crippen molar-refractivity contribution in [2.45, 2.75) is 22.9 Å². The van der Waals surface area contributed by atoms with Crippen molar-refractivity contribution < 1.29 is 34.4 Å². The van der Waals surface area contributed by atoms with Crippen LogP contribution in [0.15, 0.2) is 76.5 Å². The summed E-state index contributed by atoms with van der Waals surface area (Å²) in [4.78, 5) is -1.04. The number of anilines is 2. The van der Waals surface area contributed by atoms with E-state index in [-0.39, 0.29) is 11.4 Å². The van der Waals surface area contributed by atoms with Crippen molar-refractivity contribution in [1.82, 2.24) is 0 Å². The van der Waals surface area contributed by atoms with Gasteiger partial charge in [0.1, 0.15) is 10.7 Å². The number of hydrogen-bond acceptors (Lipinski definition) is 4. The van der Waals surface area contributed by atoms with Gasteiger partial charge in [0.15, 0.2) is 0 Å². The molecule has 3 aromatic rings. The maximum Gasteiger partial charge on any atom is 0.416 e. The molecule has 0 bridgehead atoms. The average molecular weight is 488 g/mol. The van der Waals surface area contributed by atoms with Gasteiger partial charge in [-0.05, 0) is 55.0 Å². The molecule has 0 aromatic heterocycles. The number of nitrogens with one attached hydrogen (secondary N) is 2. The van der Waals surface area contributed by atoms with Gasteiger partial charge in [-0.25, -0.2) is 21.2 Å². The monoisotopic (exact) mass is 488 g/mol. The third kappa shape index (κ3) is 5.19. The lowest BCUT2D eigenvalue weighted by atomic mass is 10.2. The topological polar surface area (TPSA) is 92.3 Å². The third-order valence-electron chi connectivity index (χ3n) is 4.33. The molecule has 0 unspecified atom stereocenters. The predicted octanol–water partition coefficient (Wildman–Crippen LogP) is 4.75. The van der Waals surface area contributed by atoms with Crippen LogP contribution in [0, 0.1) is 12.7 Å². The smallest absolute Gasteiger partial charge is 0.280 e. The number of hydrogen-bond donors (Lipinski definition) is 2. The van der Waals surface area contributed by atoms with E-state index in [1.165, 1.54) is 25.1 Å². The highest BCUT2D eigenvalue weighted by molar-refractivity contribution is 7.93. The Labute approximate surface area is 182 Å². The second-order valence-corrected chi connectivity index (χ2v) is 10.0. The van der Waals surface area contributed by atoms with Crippen LogP contribution in [-0.2, 0) is 26.2 Å². The minimum Gasteiger partial charge on any atom is -0.280 e. The molecule has 0 aliphatic heterocycles. The van der Waals surface area contributed by atoms with Gasteiger partial charge in [0.25, 0.3) is 20.0 Å². The van der Waals surface area contributed by atoms with Gasteiger partial charge < -0.3 is 0 Å². The molecule has 0 heterocycles. The number of rotatable bonds is 6. The molecule has 32 heavy (non-hydrogen) atoms. The highest BCUT2D eigenvalue weighted by atomic mass is 32.2. The van der Waals surface area contributed by atoms with Crippen LogP contribution in [0.3, 0.4) is 0 Å². The normalized spacial score (nSPS) is 12.4. The summed E-state index contributed by atoms with van der Waals surface area (Å²) < 4.78 is 107. The first kappa shape index (κ1) is 23.5. The number of aryl methyl sites for hydroxylation is 1. The maximum absolute atomic E-state index is 13.9. The fourth-order valence-electron chi connectivity index (χ4n) is 2.71. The zero-order valence-electron chi connectivity index (χ0n) is 16.3. The Morgan fingerprint density at radius 3 is 2.12 bits per heavy atom. The minimum absolute atomic E-state index is 0.139. The molecule has 2 N–H and O–H groups in total. The van der Waals surface area contributed by atoms with Gasteiger partial charge in [0, 0.05) is 5.69 Å². The summed E-state index contributed by atoms with van der Waals surface area (Å²) >= 11 is 0. The van der Waals surface area contributed by atoms with Crippen molar-refractivity contribution in [2.24, 2.45) is 0 Å². The Balaban J connectivity index is 1.93. The fraction of sp³-hybridized carbons (Fsp3) is 0.100. The summed E-state index contributed by atoms with van der Waals surface area (Å²) in [5.41, 5.74) is -1.17. The Morgan fingerprint density at radius 2 is 1.47 bits per heavy atom. The van der Waals surface area contributed by atoms with Gasteiger partial charge in [0.2, 0.25) is 0 Å². The van der Waals surface area contributed by atoms with Crippen molar-refractivity contribution in [3.63, 3.8) is 0 Å². The molecule has 0 amide bonds. The van der Waals surface area contributed by atoms with E-state index in [0.717, 1.165) is 42.5 Å². The highest BCUT2D eigenvalue weighted by Gasteiger charge is 2.31. The predicted molar refractivity (Wildman–Crippen MR) is 111 cm³/mol.